The van der Waals surface area contributed by atoms with Crippen molar-refractivity contribution >= 4 is 28.6 Å². The molecule has 1 aliphatic rings. The van der Waals surface area contributed by atoms with E-state index in [0.29, 0.717) is 19.6 Å². The first-order chi connectivity index (χ1) is 13.1. The topological polar surface area (TPSA) is 95.4 Å². The molecule has 2 heterocycles. The van der Waals surface area contributed by atoms with E-state index in [2.05, 4.69) is 14.9 Å². The van der Waals surface area contributed by atoms with Gasteiger partial charge in [-0.15, -0.1) is 0 Å². The van der Waals surface area contributed by atoms with Crippen LogP contribution in [0.1, 0.15) is 16.8 Å². The van der Waals surface area contributed by atoms with Crippen molar-refractivity contribution in [1.29, 1.82) is 0 Å². The minimum Gasteiger partial charge on any atom is -0.341 e. The highest BCUT2D eigenvalue weighted by Crippen LogP contribution is 2.22. The number of nitro benzene ring substituents is 1. The number of hydrogen-bond acceptors (Lipinski definition) is 5. The van der Waals surface area contributed by atoms with E-state index in [1.165, 1.54) is 12.1 Å². The molecule has 0 bridgehead atoms. The van der Waals surface area contributed by atoms with Crippen molar-refractivity contribution in [1.82, 2.24) is 14.9 Å². The zero-order chi connectivity index (χ0) is 18.8. The average Bonchev–Trinajstić information content (AvgIpc) is 2.97. The van der Waals surface area contributed by atoms with Gasteiger partial charge in [0.05, 0.1) is 16.0 Å². The number of carbonyl (C=O) groups is 1. The average molecular weight is 365 g/mol. The van der Waals surface area contributed by atoms with Crippen LogP contribution in [0.2, 0.25) is 0 Å². The van der Waals surface area contributed by atoms with E-state index in [4.69, 9.17) is 0 Å². The van der Waals surface area contributed by atoms with E-state index in [0.717, 1.165) is 29.9 Å². The van der Waals surface area contributed by atoms with Gasteiger partial charge in [0.1, 0.15) is 5.56 Å². The second-order valence-electron chi connectivity index (χ2n) is 6.48. The lowest BCUT2D eigenvalue weighted by atomic mass is 10.1. The number of amides is 1. The Morgan fingerprint density at radius 3 is 2.63 bits per heavy atom. The Hall–Kier alpha value is -3.42. The molecule has 1 saturated heterocycles. The molecular weight excluding hydrogens is 346 g/mol. The highest BCUT2D eigenvalue weighted by molar-refractivity contribution is 5.98. The predicted octanol–water partition coefficient (Wildman–Crippen LogP) is 2.82. The SMILES string of the molecule is O=C(c1ccccc1[N+](=O)[O-])N1CCCN(c2nc3ccccc3[nH]2)CC1. The summed E-state index contributed by atoms with van der Waals surface area (Å²) in [5, 5.41) is 11.2. The number of fused-ring (bicyclic) bond motifs is 1. The number of nitrogens with zero attached hydrogens (tertiary/aromatic N) is 4. The summed E-state index contributed by atoms with van der Waals surface area (Å²) in [6, 6.07) is 13.9. The molecule has 1 amide bonds. The fourth-order valence-corrected chi connectivity index (χ4v) is 3.41. The minimum absolute atomic E-state index is 0.139. The molecule has 2 aromatic carbocycles. The van der Waals surface area contributed by atoms with Gasteiger partial charge in [0.25, 0.3) is 11.6 Å². The smallest absolute Gasteiger partial charge is 0.282 e. The fraction of sp³-hybridized carbons (Fsp3) is 0.263. The third kappa shape index (κ3) is 3.33. The molecular formula is C19H19N5O3. The molecule has 0 spiro atoms. The maximum atomic E-state index is 12.8. The number of anilines is 1. The Bertz CT molecular complexity index is 967. The normalized spacial score (nSPS) is 15.0. The van der Waals surface area contributed by atoms with E-state index in [-0.39, 0.29) is 17.2 Å². The second-order valence-corrected chi connectivity index (χ2v) is 6.48. The minimum atomic E-state index is -0.508. The van der Waals surface area contributed by atoms with Gasteiger partial charge in [0.15, 0.2) is 0 Å². The van der Waals surface area contributed by atoms with Crippen LogP contribution in [0.4, 0.5) is 11.6 Å². The number of para-hydroxylation sites is 3. The van der Waals surface area contributed by atoms with Crippen LogP contribution in [-0.4, -0.2) is 51.9 Å². The first-order valence-corrected chi connectivity index (χ1v) is 8.86. The summed E-state index contributed by atoms with van der Waals surface area (Å²) in [7, 11) is 0. The number of rotatable bonds is 3. The number of carbonyl (C=O) groups excluding carboxylic acids is 1. The van der Waals surface area contributed by atoms with Crippen molar-refractivity contribution in [3.8, 4) is 0 Å². The molecule has 0 unspecified atom stereocenters. The summed E-state index contributed by atoms with van der Waals surface area (Å²) in [5.74, 6) is 0.491. The van der Waals surface area contributed by atoms with Crippen molar-refractivity contribution in [2.75, 3.05) is 31.1 Å². The molecule has 0 radical (unpaired) electrons. The molecule has 0 atom stereocenters. The lowest BCUT2D eigenvalue weighted by molar-refractivity contribution is -0.385. The number of H-pyrrole nitrogens is 1. The standard InChI is InChI=1S/C19H19N5O3/c25-18(14-6-1-4-9-17(14)24(26)27)22-10-5-11-23(13-12-22)19-20-15-7-2-3-8-16(15)21-19/h1-4,6-9H,5,10-13H2,(H,20,21). The Labute approximate surface area is 155 Å². The quantitative estimate of drug-likeness (QED) is 0.569. The van der Waals surface area contributed by atoms with E-state index in [1.807, 2.05) is 24.3 Å². The Kier molecular flexibility index (Phi) is 4.45. The van der Waals surface area contributed by atoms with Gasteiger partial charge in [-0.1, -0.05) is 24.3 Å². The van der Waals surface area contributed by atoms with Gasteiger partial charge in [-0.3, -0.25) is 14.9 Å². The molecule has 8 heteroatoms. The Morgan fingerprint density at radius 1 is 1.04 bits per heavy atom. The van der Waals surface area contributed by atoms with Crippen LogP contribution < -0.4 is 4.90 Å². The summed E-state index contributed by atoms with van der Waals surface area (Å²) < 4.78 is 0. The number of imidazole rings is 1. The molecule has 1 aliphatic heterocycles. The number of hydrogen-bond donors (Lipinski definition) is 1. The van der Waals surface area contributed by atoms with Crippen molar-refractivity contribution in [3.05, 3.63) is 64.2 Å². The van der Waals surface area contributed by atoms with E-state index >= 15 is 0 Å². The molecule has 1 aromatic heterocycles. The zero-order valence-corrected chi connectivity index (χ0v) is 14.7. The van der Waals surface area contributed by atoms with Crippen LogP contribution in [0.3, 0.4) is 0 Å². The molecule has 8 nitrogen and oxygen atoms in total. The van der Waals surface area contributed by atoms with Crippen molar-refractivity contribution in [3.63, 3.8) is 0 Å². The van der Waals surface area contributed by atoms with Gasteiger partial charge in [0.2, 0.25) is 5.95 Å². The van der Waals surface area contributed by atoms with E-state index in [9.17, 15) is 14.9 Å². The maximum absolute atomic E-state index is 12.8. The van der Waals surface area contributed by atoms with Gasteiger partial charge in [-0.05, 0) is 24.6 Å². The van der Waals surface area contributed by atoms with Gasteiger partial charge >= 0.3 is 0 Å². The Morgan fingerprint density at radius 2 is 1.81 bits per heavy atom. The predicted molar refractivity (Wildman–Crippen MR) is 102 cm³/mol. The molecule has 0 saturated carbocycles. The first-order valence-electron chi connectivity index (χ1n) is 8.86. The summed E-state index contributed by atoms with van der Waals surface area (Å²) in [5.41, 5.74) is 1.87. The number of nitro groups is 1. The van der Waals surface area contributed by atoms with Crippen molar-refractivity contribution in [2.24, 2.45) is 0 Å². The molecule has 138 valence electrons. The lowest BCUT2D eigenvalue weighted by Gasteiger charge is -2.21. The van der Waals surface area contributed by atoms with Crippen LogP contribution in [0.5, 0.6) is 0 Å². The summed E-state index contributed by atoms with van der Waals surface area (Å²) >= 11 is 0. The van der Waals surface area contributed by atoms with Crippen LogP contribution in [0.25, 0.3) is 11.0 Å². The lowest BCUT2D eigenvalue weighted by Crippen LogP contribution is -2.35. The van der Waals surface area contributed by atoms with Gasteiger partial charge in [-0.2, -0.15) is 0 Å². The highest BCUT2D eigenvalue weighted by Gasteiger charge is 2.26. The molecule has 1 fully saturated rings. The molecule has 1 N–H and O–H groups in total. The van der Waals surface area contributed by atoms with Crippen LogP contribution >= 0.6 is 0 Å². The fourth-order valence-electron chi connectivity index (χ4n) is 3.41. The van der Waals surface area contributed by atoms with Crippen LogP contribution in [-0.2, 0) is 0 Å². The number of aromatic amines is 1. The molecule has 27 heavy (non-hydrogen) atoms. The van der Waals surface area contributed by atoms with Crippen LogP contribution in [0, 0.1) is 10.1 Å². The number of aromatic nitrogens is 2. The molecule has 0 aliphatic carbocycles. The van der Waals surface area contributed by atoms with E-state index < -0.39 is 4.92 Å². The van der Waals surface area contributed by atoms with E-state index in [1.54, 1.807) is 17.0 Å². The van der Waals surface area contributed by atoms with Crippen molar-refractivity contribution < 1.29 is 9.72 Å². The summed E-state index contributed by atoms with van der Waals surface area (Å²) in [6.45, 7) is 2.43. The largest absolute Gasteiger partial charge is 0.341 e. The zero-order valence-electron chi connectivity index (χ0n) is 14.7. The molecule has 3 aromatic rings. The maximum Gasteiger partial charge on any atom is 0.282 e. The first kappa shape index (κ1) is 17.0. The van der Waals surface area contributed by atoms with Gasteiger partial charge in [0, 0.05) is 32.2 Å². The summed E-state index contributed by atoms with van der Waals surface area (Å²) in [6.07, 6.45) is 0.767. The number of nitrogens with one attached hydrogen (secondary N) is 1. The summed E-state index contributed by atoms with van der Waals surface area (Å²) in [4.78, 5) is 35.3. The van der Waals surface area contributed by atoms with Crippen LogP contribution in [0.15, 0.2) is 48.5 Å². The van der Waals surface area contributed by atoms with Gasteiger partial charge in [-0.25, -0.2) is 4.98 Å². The third-order valence-corrected chi connectivity index (χ3v) is 4.79. The highest BCUT2D eigenvalue weighted by atomic mass is 16.6. The van der Waals surface area contributed by atoms with Crippen molar-refractivity contribution in [2.45, 2.75) is 6.42 Å². The monoisotopic (exact) mass is 365 g/mol. The Balaban J connectivity index is 1.51. The third-order valence-electron chi connectivity index (χ3n) is 4.79. The second kappa shape index (κ2) is 7.06. The number of benzene rings is 2. The molecule has 4 rings (SSSR count). The van der Waals surface area contributed by atoms with Gasteiger partial charge < -0.3 is 14.8 Å².